The van der Waals surface area contributed by atoms with E-state index in [1.165, 1.54) is 38.2 Å². The first-order valence-corrected chi connectivity index (χ1v) is 7.57. The second-order valence-electron chi connectivity index (χ2n) is 6.33. The third-order valence-electron chi connectivity index (χ3n) is 4.81. The number of hydrogen-bond donors (Lipinski definition) is 1. The second kappa shape index (κ2) is 6.04. The summed E-state index contributed by atoms with van der Waals surface area (Å²) in [6.07, 6.45) is 6.90. The molecule has 1 nitrogen and oxygen atoms in total. The summed E-state index contributed by atoms with van der Waals surface area (Å²) in [5, 5.41) is 0. The summed E-state index contributed by atoms with van der Waals surface area (Å²) in [6, 6.07) is 7.03. The Kier molecular flexibility index (Phi) is 4.62. The maximum atomic E-state index is 13.8. The number of benzene rings is 1. The van der Waals surface area contributed by atoms with Crippen LogP contribution < -0.4 is 5.73 Å². The van der Waals surface area contributed by atoms with E-state index in [4.69, 9.17) is 5.73 Å². The van der Waals surface area contributed by atoms with Crippen LogP contribution in [0.15, 0.2) is 24.3 Å². The van der Waals surface area contributed by atoms with E-state index in [9.17, 15) is 4.39 Å². The van der Waals surface area contributed by atoms with Crippen LogP contribution in [0.3, 0.4) is 0 Å². The molecule has 2 heteroatoms. The molecule has 0 bridgehead atoms. The van der Waals surface area contributed by atoms with E-state index in [-0.39, 0.29) is 11.4 Å². The van der Waals surface area contributed by atoms with Gasteiger partial charge in [-0.15, -0.1) is 0 Å². The topological polar surface area (TPSA) is 26.0 Å². The van der Waals surface area contributed by atoms with Gasteiger partial charge in [0.1, 0.15) is 5.82 Å². The summed E-state index contributed by atoms with van der Waals surface area (Å²) < 4.78 is 13.8. The average Bonchev–Trinajstić information content (AvgIpc) is 2.41. The number of nitrogens with two attached hydrogens (primary N) is 1. The lowest BCUT2D eigenvalue weighted by atomic mass is 9.67. The molecule has 1 fully saturated rings. The number of rotatable bonds is 4. The zero-order valence-corrected chi connectivity index (χ0v) is 12.2. The maximum absolute atomic E-state index is 13.8. The van der Waals surface area contributed by atoms with Crippen molar-refractivity contribution in [2.24, 2.45) is 17.6 Å². The van der Waals surface area contributed by atoms with Crippen molar-refractivity contribution in [2.45, 2.75) is 57.9 Å². The smallest absolute Gasteiger partial charge is 0.126 e. The van der Waals surface area contributed by atoms with Gasteiger partial charge in [-0.3, -0.25) is 0 Å². The summed E-state index contributed by atoms with van der Waals surface area (Å²) in [5.41, 5.74) is 7.05. The van der Waals surface area contributed by atoms with Gasteiger partial charge in [0.2, 0.25) is 0 Å². The molecular weight excluding hydrogens is 237 g/mol. The third-order valence-corrected chi connectivity index (χ3v) is 4.81. The highest BCUT2D eigenvalue weighted by Gasteiger charge is 2.37. The fraction of sp³-hybridized carbons (Fsp3) is 0.647. The molecule has 0 saturated heterocycles. The summed E-state index contributed by atoms with van der Waals surface area (Å²) in [4.78, 5) is 0. The number of hydrogen-bond acceptors (Lipinski definition) is 1. The van der Waals surface area contributed by atoms with Gasteiger partial charge in [-0.1, -0.05) is 50.8 Å². The monoisotopic (exact) mass is 263 g/mol. The lowest BCUT2D eigenvalue weighted by Crippen LogP contribution is -2.50. The van der Waals surface area contributed by atoms with Crippen LogP contribution in [-0.2, 0) is 6.42 Å². The Hall–Kier alpha value is -0.890. The van der Waals surface area contributed by atoms with Crippen LogP contribution in [0.1, 0.15) is 51.5 Å². The van der Waals surface area contributed by atoms with Crippen LogP contribution in [-0.4, -0.2) is 5.54 Å². The van der Waals surface area contributed by atoms with Gasteiger partial charge in [-0.05, 0) is 43.2 Å². The van der Waals surface area contributed by atoms with Crippen molar-refractivity contribution in [3.05, 3.63) is 35.6 Å². The van der Waals surface area contributed by atoms with Gasteiger partial charge >= 0.3 is 0 Å². The molecule has 19 heavy (non-hydrogen) atoms. The van der Waals surface area contributed by atoms with Crippen molar-refractivity contribution < 1.29 is 4.39 Å². The molecule has 0 heterocycles. The van der Waals surface area contributed by atoms with Gasteiger partial charge in [-0.2, -0.15) is 0 Å². The molecule has 1 saturated carbocycles. The largest absolute Gasteiger partial charge is 0.325 e. The molecule has 0 aromatic heterocycles. The Balaban J connectivity index is 2.14. The lowest BCUT2D eigenvalue weighted by molar-refractivity contribution is 0.137. The van der Waals surface area contributed by atoms with Crippen molar-refractivity contribution in [3.63, 3.8) is 0 Å². The zero-order chi connectivity index (χ0) is 13.9. The molecule has 0 amide bonds. The molecule has 1 aromatic rings. The summed E-state index contributed by atoms with van der Waals surface area (Å²) in [7, 11) is 0. The normalized spacial score (nSPS) is 26.9. The predicted octanol–water partition coefficient (Wildman–Crippen LogP) is 4.30. The minimum absolute atomic E-state index is 0.122. The Bertz CT molecular complexity index is 413. The van der Waals surface area contributed by atoms with Gasteiger partial charge < -0.3 is 5.73 Å². The molecule has 3 atom stereocenters. The van der Waals surface area contributed by atoms with E-state index in [0.29, 0.717) is 18.3 Å². The highest BCUT2D eigenvalue weighted by molar-refractivity contribution is 5.20. The van der Waals surface area contributed by atoms with E-state index in [2.05, 4.69) is 13.8 Å². The molecule has 1 aliphatic rings. The molecule has 0 radical (unpaired) electrons. The van der Waals surface area contributed by atoms with Crippen LogP contribution in [0.25, 0.3) is 0 Å². The molecular formula is C17H26FN. The van der Waals surface area contributed by atoms with Crippen LogP contribution in [0, 0.1) is 17.7 Å². The van der Waals surface area contributed by atoms with Crippen molar-refractivity contribution in [2.75, 3.05) is 0 Å². The van der Waals surface area contributed by atoms with Crippen molar-refractivity contribution in [1.29, 1.82) is 0 Å². The standard InChI is InChI=1S/C17H26FN/c1-3-13-8-4-6-10-15(13)17(2,19)12-14-9-5-7-11-16(14)18/h5,7,9,11,13,15H,3-4,6,8,10,12,19H2,1-2H3. The summed E-state index contributed by atoms with van der Waals surface area (Å²) in [5.74, 6) is 1.10. The molecule has 2 N–H and O–H groups in total. The van der Waals surface area contributed by atoms with Crippen LogP contribution in [0.2, 0.25) is 0 Å². The van der Waals surface area contributed by atoms with Crippen LogP contribution >= 0.6 is 0 Å². The summed E-state index contributed by atoms with van der Waals surface area (Å²) >= 11 is 0. The molecule has 2 rings (SSSR count). The third kappa shape index (κ3) is 3.36. The first-order chi connectivity index (χ1) is 9.04. The van der Waals surface area contributed by atoms with Gasteiger partial charge in [0, 0.05) is 5.54 Å². The zero-order valence-electron chi connectivity index (χ0n) is 12.2. The average molecular weight is 263 g/mol. The van der Waals surface area contributed by atoms with E-state index >= 15 is 0 Å². The molecule has 1 aliphatic carbocycles. The van der Waals surface area contributed by atoms with Crippen molar-refractivity contribution in [3.8, 4) is 0 Å². The van der Waals surface area contributed by atoms with Crippen LogP contribution in [0.5, 0.6) is 0 Å². The number of halogens is 1. The van der Waals surface area contributed by atoms with Crippen LogP contribution in [0.4, 0.5) is 4.39 Å². The Labute approximate surface area is 116 Å². The first-order valence-electron chi connectivity index (χ1n) is 7.57. The fourth-order valence-electron chi connectivity index (χ4n) is 3.75. The Morgan fingerprint density at radius 2 is 1.95 bits per heavy atom. The molecule has 1 aromatic carbocycles. The van der Waals surface area contributed by atoms with E-state index in [0.717, 1.165) is 5.56 Å². The first kappa shape index (κ1) is 14.5. The molecule has 0 spiro atoms. The Morgan fingerprint density at radius 1 is 1.26 bits per heavy atom. The van der Waals surface area contributed by atoms with Gasteiger partial charge in [-0.25, -0.2) is 4.39 Å². The van der Waals surface area contributed by atoms with Gasteiger partial charge in [0.25, 0.3) is 0 Å². The van der Waals surface area contributed by atoms with E-state index in [1.807, 2.05) is 12.1 Å². The van der Waals surface area contributed by atoms with Gasteiger partial charge in [0.15, 0.2) is 0 Å². The second-order valence-corrected chi connectivity index (χ2v) is 6.33. The minimum atomic E-state index is -0.302. The maximum Gasteiger partial charge on any atom is 0.126 e. The van der Waals surface area contributed by atoms with Crippen molar-refractivity contribution >= 4 is 0 Å². The minimum Gasteiger partial charge on any atom is -0.325 e. The predicted molar refractivity (Wildman–Crippen MR) is 78.4 cm³/mol. The Morgan fingerprint density at radius 3 is 2.63 bits per heavy atom. The van der Waals surface area contributed by atoms with E-state index < -0.39 is 0 Å². The fourth-order valence-corrected chi connectivity index (χ4v) is 3.75. The quantitative estimate of drug-likeness (QED) is 0.861. The lowest BCUT2D eigenvalue weighted by Gasteiger charge is -2.42. The molecule has 106 valence electrons. The van der Waals surface area contributed by atoms with Gasteiger partial charge in [0.05, 0.1) is 0 Å². The summed E-state index contributed by atoms with van der Waals surface area (Å²) in [6.45, 7) is 4.36. The SMILES string of the molecule is CCC1CCCCC1C(C)(N)Cc1ccccc1F. The van der Waals surface area contributed by atoms with Crippen molar-refractivity contribution in [1.82, 2.24) is 0 Å². The molecule has 3 unspecified atom stereocenters. The highest BCUT2D eigenvalue weighted by atomic mass is 19.1. The molecule has 0 aliphatic heterocycles. The van der Waals surface area contributed by atoms with E-state index in [1.54, 1.807) is 6.07 Å². The highest BCUT2D eigenvalue weighted by Crippen LogP contribution is 2.39.